The van der Waals surface area contributed by atoms with Crippen LogP contribution >= 0.6 is 0 Å². The van der Waals surface area contributed by atoms with Crippen LogP contribution in [-0.2, 0) is 11.3 Å². The molecule has 0 aliphatic heterocycles. The van der Waals surface area contributed by atoms with Gasteiger partial charge in [-0.15, -0.1) is 0 Å². The summed E-state index contributed by atoms with van der Waals surface area (Å²) >= 11 is 0. The number of nitrogens with two attached hydrogens (primary N) is 1. The maximum absolute atomic E-state index is 11.3. The predicted molar refractivity (Wildman–Crippen MR) is 110 cm³/mol. The van der Waals surface area contributed by atoms with Gasteiger partial charge in [0.15, 0.2) is 0 Å². The van der Waals surface area contributed by atoms with Crippen LogP contribution in [0.3, 0.4) is 0 Å². The molecule has 0 atom stereocenters. The van der Waals surface area contributed by atoms with Crippen molar-refractivity contribution in [2.24, 2.45) is 11.1 Å². The molecule has 1 heterocycles. The van der Waals surface area contributed by atoms with Crippen LogP contribution in [0.2, 0.25) is 0 Å². The number of amides is 1. The summed E-state index contributed by atoms with van der Waals surface area (Å²) in [5, 5.41) is 0. The van der Waals surface area contributed by atoms with E-state index in [0.29, 0.717) is 13.2 Å². The van der Waals surface area contributed by atoms with Gasteiger partial charge in [-0.05, 0) is 50.7 Å². The lowest BCUT2D eigenvalue weighted by Crippen LogP contribution is -2.31. The molecule has 0 spiro atoms. The molecule has 0 aliphatic rings. The van der Waals surface area contributed by atoms with E-state index in [1.807, 2.05) is 50.6 Å². The summed E-state index contributed by atoms with van der Waals surface area (Å²) in [5.41, 5.74) is 4.94. The normalized spacial score (nSPS) is 11.4. The maximum atomic E-state index is 11.3. The SMILES string of the molecule is CC(C)(CCCCOc1cccc(OCCCCCn2ccnc2)c1)C(N)=O. The highest BCUT2D eigenvalue weighted by Crippen LogP contribution is 2.23. The van der Waals surface area contributed by atoms with Gasteiger partial charge in [0, 0.05) is 30.4 Å². The van der Waals surface area contributed by atoms with Crippen molar-refractivity contribution in [3.8, 4) is 11.5 Å². The number of hydrogen-bond acceptors (Lipinski definition) is 4. The molecule has 0 saturated heterocycles. The molecule has 1 aromatic carbocycles. The quantitative estimate of drug-likeness (QED) is 0.493. The van der Waals surface area contributed by atoms with Gasteiger partial charge in [-0.2, -0.15) is 0 Å². The first-order valence-electron chi connectivity index (χ1n) is 10.1. The van der Waals surface area contributed by atoms with Crippen molar-refractivity contribution in [3.63, 3.8) is 0 Å². The van der Waals surface area contributed by atoms with Crippen LogP contribution in [0.15, 0.2) is 43.0 Å². The highest BCUT2D eigenvalue weighted by molar-refractivity contribution is 5.79. The fraction of sp³-hybridized carbons (Fsp3) is 0.545. The average molecular weight is 388 g/mol. The van der Waals surface area contributed by atoms with E-state index in [4.69, 9.17) is 15.2 Å². The number of carbonyl (C=O) groups is 1. The number of benzene rings is 1. The van der Waals surface area contributed by atoms with Crippen molar-refractivity contribution >= 4 is 5.91 Å². The average Bonchev–Trinajstić information content (AvgIpc) is 3.18. The fourth-order valence-corrected chi connectivity index (χ4v) is 2.82. The summed E-state index contributed by atoms with van der Waals surface area (Å²) in [6, 6.07) is 7.76. The number of carbonyl (C=O) groups excluding carboxylic acids is 1. The second kappa shape index (κ2) is 11.4. The van der Waals surface area contributed by atoms with Gasteiger partial charge < -0.3 is 19.8 Å². The summed E-state index contributed by atoms with van der Waals surface area (Å²) in [6.45, 7) is 6.09. The first-order chi connectivity index (χ1) is 13.5. The molecule has 0 radical (unpaired) electrons. The molecule has 2 aromatic rings. The Morgan fingerprint density at radius 1 is 1.07 bits per heavy atom. The Bertz CT molecular complexity index is 699. The molecule has 0 saturated carbocycles. The number of aromatic nitrogens is 2. The van der Waals surface area contributed by atoms with Crippen molar-refractivity contribution in [1.29, 1.82) is 0 Å². The zero-order valence-corrected chi connectivity index (χ0v) is 17.1. The Kier molecular flexibility index (Phi) is 8.85. The largest absolute Gasteiger partial charge is 0.493 e. The van der Waals surface area contributed by atoms with Gasteiger partial charge in [0.1, 0.15) is 11.5 Å². The molecule has 1 amide bonds. The molecule has 2 rings (SSSR count). The standard InChI is InChI=1S/C22H33N3O3/c1-22(2,21(23)26)11-4-7-16-28-20-10-8-9-19(17-20)27-15-6-3-5-13-25-14-12-24-18-25/h8-10,12,14,17-18H,3-7,11,13,15-16H2,1-2H3,(H2,23,26). The Balaban J connectivity index is 1.57. The molecule has 2 N–H and O–H groups in total. The number of aryl methyl sites for hydroxylation is 1. The van der Waals surface area contributed by atoms with Crippen LogP contribution in [0, 0.1) is 5.41 Å². The van der Waals surface area contributed by atoms with Gasteiger partial charge in [-0.1, -0.05) is 19.9 Å². The molecule has 0 unspecified atom stereocenters. The monoisotopic (exact) mass is 387 g/mol. The van der Waals surface area contributed by atoms with Crippen LogP contribution in [0.4, 0.5) is 0 Å². The summed E-state index contributed by atoms with van der Waals surface area (Å²) in [7, 11) is 0. The van der Waals surface area contributed by atoms with Crippen LogP contribution < -0.4 is 15.2 Å². The maximum Gasteiger partial charge on any atom is 0.223 e. The van der Waals surface area contributed by atoms with Crippen molar-refractivity contribution < 1.29 is 14.3 Å². The first kappa shape index (κ1) is 21.8. The summed E-state index contributed by atoms with van der Waals surface area (Å²) in [4.78, 5) is 15.4. The summed E-state index contributed by atoms with van der Waals surface area (Å²) in [6.07, 6.45) is 11.5. The van der Waals surface area contributed by atoms with E-state index in [9.17, 15) is 4.79 Å². The number of hydrogen-bond donors (Lipinski definition) is 1. The predicted octanol–water partition coefficient (Wildman–Crippen LogP) is 4.19. The third kappa shape index (κ3) is 8.03. The van der Waals surface area contributed by atoms with E-state index in [0.717, 1.165) is 56.6 Å². The zero-order valence-electron chi connectivity index (χ0n) is 17.1. The van der Waals surface area contributed by atoms with Gasteiger partial charge in [-0.3, -0.25) is 4.79 Å². The minimum atomic E-state index is -0.452. The van der Waals surface area contributed by atoms with Crippen molar-refractivity contribution in [3.05, 3.63) is 43.0 Å². The van der Waals surface area contributed by atoms with E-state index in [1.165, 1.54) is 0 Å². The Hall–Kier alpha value is -2.50. The number of imidazole rings is 1. The van der Waals surface area contributed by atoms with E-state index in [-0.39, 0.29) is 5.91 Å². The fourth-order valence-electron chi connectivity index (χ4n) is 2.82. The zero-order chi connectivity index (χ0) is 20.2. The van der Waals surface area contributed by atoms with Crippen molar-refractivity contribution in [2.45, 2.75) is 58.9 Å². The molecule has 1 aromatic heterocycles. The molecule has 6 nitrogen and oxygen atoms in total. The Labute approximate surface area is 168 Å². The van der Waals surface area contributed by atoms with Gasteiger partial charge in [0.05, 0.1) is 19.5 Å². The third-order valence-corrected chi connectivity index (χ3v) is 4.83. The number of nitrogens with zero attached hydrogens (tertiary/aromatic N) is 2. The molecule has 0 bridgehead atoms. The lowest BCUT2D eigenvalue weighted by molar-refractivity contribution is -0.126. The van der Waals surface area contributed by atoms with Gasteiger partial charge in [-0.25, -0.2) is 4.98 Å². The van der Waals surface area contributed by atoms with Gasteiger partial charge >= 0.3 is 0 Å². The lowest BCUT2D eigenvalue weighted by Gasteiger charge is -2.19. The topological polar surface area (TPSA) is 79.4 Å². The highest BCUT2D eigenvalue weighted by atomic mass is 16.5. The van der Waals surface area contributed by atoms with Crippen LogP contribution in [0.1, 0.15) is 52.4 Å². The minimum Gasteiger partial charge on any atom is -0.493 e. The first-order valence-corrected chi connectivity index (χ1v) is 10.1. The Morgan fingerprint density at radius 2 is 1.75 bits per heavy atom. The molecule has 0 aliphatic carbocycles. The van der Waals surface area contributed by atoms with Crippen molar-refractivity contribution in [2.75, 3.05) is 13.2 Å². The smallest absolute Gasteiger partial charge is 0.223 e. The van der Waals surface area contributed by atoms with Crippen LogP contribution in [0.5, 0.6) is 11.5 Å². The molecular formula is C22H33N3O3. The molecule has 28 heavy (non-hydrogen) atoms. The van der Waals surface area contributed by atoms with Crippen LogP contribution in [0.25, 0.3) is 0 Å². The molecule has 154 valence electrons. The third-order valence-electron chi connectivity index (χ3n) is 4.83. The van der Waals surface area contributed by atoms with Gasteiger partial charge in [0.25, 0.3) is 0 Å². The number of rotatable bonds is 14. The summed E-state index contributed by atoms with van der Waals surface area (Å²) < 4.78 is 13.7. The number of ether oxygens (including phenoxy) is 2. The van der Waals surface area contributed by atoms with E-state index in [1.54, 1.807) is 6.20 Å². The molecule has 0 fully saturated rings. The van der Waals surface area contributed by atoms with E-state index >= 15 is 0 Å². The lowest BCUT2D eigenvalue weighted by atomic mass is 9.86. The number of unbranched alkanes of at least 4 members (excludes halogenated alkanes) is 3. The minimum absolute atomic E-state index is 0.250. The summed E-state index contributed by atoms with van der Waals surface area (Å²) in [5.74, 6) is 1.40. The van der Waals surface area contributed by atoms with Crippen molar-refractivity contribution in [1.82, 2.24) is 9.55 Å². The van der Waals surface area contributed by atoms with Gasteiger partial charge in [0.2, 0.25) is 5.91 Å². The second-order valence-electron chi connectivity index (χ2n) is 7.74. The van der Waals surface area contributed by atoms with E-state index < -0.39 is 5.41 Å². The number of primary amides is 1. The van der Waals surface area contributed by atoms with E-state index in [2.05, 4.69) is 9.55 Å². The molecule has 6 heteroatoms. The highest BCUT2D eigenvalue weighted by Gasteiger charge is 2.23. The second-order valence-corrected chi connectivity index (χ2v) is 7.74. The van der Waals surface area contributed by atoms with Crippen LogP contribution in [-0.4, -0.2) is 28.7 Å². The molecular weight excluding hydrogens is 354 g/mol. The Morgan fingerprint density at radius 3 is 2.36 bits per heavy atom.